The molecule has 3 heteroatoms. The molecule has 0 spiro atoms. The van der Waals surface area contributed by atoms with E-state index in [1.54, 1.807) is 0 Å². The first-order valence-corrected chi connectivity index (χ1v) is 9.34. The molecular weight excluding hydrogens is 342 g/mol. The predicted molar refractivity (Wildman–Crippen MR) is 120 cm³/mol. The molecule has 0 amide bonds. The lowest BCUT2D eigenvalue weighted by Crippen LogP contribution is -2.33. The van der Waals surface area contributed by atoms with Gasteiger partial charge in [0.15, 0.2) is 5.96 Å². The van der Waals surface area contributed by atoms with Gasteiger partial charge in [-0.1, -0.05) is 72.8 Å². The summed E-state index contributed by atoms with van der Waals surface area (Å²) in [5.74, 6) is 0.0155. The molecule has 0 saturated heterocycles. The van der Waals surface area contributed by atoms with Gasteiger partial charge in [0.05, 0.1) is 11.4 Å². The summed E-state index contributed by atoms with van der Waals surface area (Å²) in [6.07, 6.45) is 8.53. The van der Waals surface area contributed by atoms with Gasteiger partial charge in [-0.05, 0) is 44.8 Å². The summed E-state index contributed by atoms with van der Waals surface area (Å²) >= 11 is 0. The number of nitrogens with two attached hydrogens (primary N) is 1. The Morgan fingerprint density at radius 2 is 1.14 bits per heavy atom. The van der Waals surface area contributed by atoms with Crippen LogP contribution in [0.2, 0.25) is 0 Å². The predicted octanol–water partition coefficient (Wildman–Crippen LogP) is 5.99. The van der Waals surface area contributed by atoms with E-state index in [4.69, 9.17) is 11.1 Å². The Balaban J connectivity index is 1.65. The highest BCUT2D eigenvalue weighted by Gasteiger charge is 2.24. The molecule has 0 atom stereocenters. The van der Waals surface area contributed by atoms with Crippen molar-refractivity contribution in [3.05, 3.63) is 82.9 Å². The second kappa shape index (κ2) is 5.33. The van der Waals surface area contributed by atoms with Gasteiger partial charge in [-0.3, -0.25) is 10.3 Å². The summed E-state index contributed by atoms with van der Waals surface area (Å²) < 4.78 is 0. The highest BCUT2D eigenvalue weighted by atomic mass is 15.2. The van der Waals surface area contributed by atoms with Crippen molar-refractivity contribution in [2.45, 2.75) is 0 Å². The minimum absolute atomic E-state index is 0.0155. The Morgan fingerprint density at radius 1 is 0.643 bits per heavy atom. The number of nitrogens with one attached hydrogen (secondary N) is 1. The van der Waals surface area contributed by atoms with E-state index >= 15 is 0 Å². The summed E-state index contributed by atoms with van der Waals surface area (Å²) in [5.41, 5.74) is 12.7. The molecule has 0 radical (unpaired) electrons. The van der Waals surface area contributed by atoms with Crippen molar-refractivity contribution in [1.82, 2.24) is 0 Å². The SMILES string of the molecule is N=C(N)N(c1ccc2cccc3c2c1C=C3)c1ccc2cccc3c2c1C=C3. The average molecular weight is 359 g/mol. The smallest absolute Gasteiger partial charge is 0.197 e. The van der Waals surface area contributed by atoms with E-state index in [1.165, 1.54) is 32.7 Å². The van der Waals surface area contributed by atoms with Gasteiger partial charge in [0.1, 0.15) is 0 Å². The quantitative estimate of drug-likeness (QED) is 0.295. The van der Waals surface area contributed by atoms with Crippen LogP contribution in [0.3, 0.4) is 0 Å². The summed E-state index contributed by atoms with van der Waals surface area (Å²) in [6, 6.07) is 21.0. The van der Waals surface area contributed by atoms with Crippen LogP contribution in [0.4, 0.5) is 11.4 Å². The Morgan fingerprint density at radius 3 is 1.61 bits per heavy atom. The van der Waals surface area contributed by atoms with Crippen molar-refractivity contribution in [2.24, 2.45) is 5.73 Å². The summed E-state index contributed by atoms with van der Waals surface area (Å²) in [5, 5.41) is 13.2. The van der Waals surface area contributed by atoms with Gasteiger partial charge >= 0.3 is 0 Å². The molecule has 28 heavy (non-hydrogen) atoms. The zero-order valence-electron chi connectivity index (χ0n) is 15.1. The van der Waals surface area contributed by atoms with Gasteiger partial charge in [-0.15, -0.1) is 0 Å². The minimum atomic E-state index is 0.0155. The summed E-state index contributed by atoms with van der Waals surface area (Å²) in [4.78, 5) is 1.86. The molecule has 4 aromatic carbocycles. The molecular formula is C25H17N3. The van der Waals surface area contributed by atoms with Gasteiger partial charge in [0, 0.05) is 11.1 Å². The summed E-state index contributed by atoms with van der Waals surface area (Å²) in [6.45, 7) is 0. The van der Waals surface area contributed by atoms with Crippen LogP contribution in [0.1, 0.15) is 22.3 Å². The molecule has 6 rings (SSSR count). The maximum absolute atomic E-state index is 8.38. The van der Waals surface area contributed by atoms with Gasteiger partial charge in [-0.25, -0.2) is 0 Å². The van der Waals surface area contributed by atoms with Crippen LogP contribution in [0.5, 0.6) is 0 Å². The Hall–Kier alpha value is -3.85. The molecule has 0 unspecified atom stereocenters. The van der Waals surface area contributed by atoms with Gasteiger partial charge in [-0.2, -0.15) is 0 Å². The van der Waals surface area contributed by atoms with Crippen molar-refractivity contribution in [2.75, 3.05) is 4.90 Å². The lowest BCUT2D eigenvalue weighted by molar-refractivity contribution is 1.26. The lowest BCUT2D eigenvalue weighted by atomic mass is 9.99. The molecule has 3 nitrogen and oxygen atoms in total. The first kappa shape index (κ1) is 15.2. The molecule has 4 aromatic rings. The van der Waals surface area contributed by atoms with Crippen LogP contribution in [0, 0.1) is 5.41 Å². The van der Waals surface area contributed by atoms with Crippen LogP contribution < -0.4 is 10.6 Å². The van der Waals surface area contributed by atoms with Gasteiger partial charge < -0.3 is 5.73 Å². The van der Waals surface area contributed by atoms with E-state index in [0.29, 0.717) is 0 Å². The topological polar surface area (TPSA) is 53.1 Å². The Bertz CT molecular complexity index is 1290. The van der Waals surface area contributed by atoms with Crippen LogP contribution >= 0.6 is 0 Å². The van der Waals surface area contributed by atoms with Gasteiger partial charge in [0.25, 0.3) is 0 Å². The molecule has 0 fully saturated rings. The van der Waals surface area contributed by atoms with Crippen LogP contribution in [-0.2, 0) is 0 Å². The minimum Gasteiger partial charge on any atom is -0.369 e. The van der Waals surface area contributed by atoms with E-state index in [9.17, 15) is 0 Å². The van der Waals surface area contributed by atoms with Crippen LogP contribution in [0.15, 0.2) is 60.7 Å². The first-order valence-electron chi connectivity index (χ1n) is 9.34. The molecule has 132 valence electrons. The van der Waals surface area contributed by atoms with Crippen molar-refractivity contribution >= 4 is 63.2 Å². The Labute approximate surface area is 162 Å². The largest absolute Gasteiger partial charge is 0.369 e. The zero-order valence-corrected chi connectivity index (χ0v) is 15.1. The van der Waals surface area contributed by atoms with E-state index in [1.807, 2.05) is 4.90 Å². The normalized spacial score (nSPS) is 13.0. The number of hydrogen-bond acceptors (Lipinski definition) is 1. The first-order chi connectivity index (χ1) is 13.7. The number of nitrogens with zero attached hydrogens (tertiary/aromatic N) is 1. The highest BCUT2D eigenvalue weighted by molar-refractivity contribution is 6.16. The van der Waals surface area contributed by atoms with Gasteiger partial charge in [0.2, 0.25) is 0 Å². The number of rotatable bonds is 2. The lowest BCUT2D eigenvalue weighted by Gasteiger charge is -2.27. The van der Waals surface area contributed by atoms with E-state index < -0.39 is 0 Å². The van der Waals surface area contributed by atoms with Crippen LogP contribution in [0.25, 0.3) is 45.8 Å². The summed E-state index contributed by atoms with van der Waals surface area (Å²) in [7, 11) is 0. The molecule has 0 aromatic heterocycles. The number of benzene rings is 4. The van der Waals surface area contributed by atoms with Crippen molar-refractivity contribution in [3.8, 4) is 0 Å². The van der Waals surface area contributed by atoms with E-state index in [0.717, 1.165) is 22.5 Å². The van der Waals surface area contributed by atoms with E-state index in [-0.39, 0.29) is 5.96 Å². The third-order valence-electron chi connectivity index (χ3n) is 5.77. The maximum Gasteiger partial charge on any atom is 0.197 e. The molecule has 0 bridgehead atoms. The molecule has 0 saturated carbocycles. The average Bonchev–Trinajstić information content (AvgIpc) is 3.33. The Kier molecular flexibility index (Phi) is 2.90. The fourth-order valence-electron chi connectivity index (χ4n) is 4.59. The molecule has 3 N–H and O–H groups in total. The molecule has 0 heterocycles. The third kappa shape index (κ3) is 1.90. The molecule has 2 aliphatic rings. The van der Waals surface area contributed by atoms with Crippen molar-refractivity contribution in [3.63, 3.8) is 0 Å². The highest BCUT2D eigenvalue weighted by Crippen LogP contribution is 2.43. The fourth-order valence-corrected chi connectivity index (χ4v) is 4.59. The monoisotopic (exact) mass is 359 g/mol. The second-order valence-corrected chi connectivity index (χ2v) is 7.27. The molecule has 2 aliphatic carbocycles. The number of guanidine groups is 1. The molecule has 0 aliphatic heterocycles. The van der Waals surface area contributed by atoms with E-state index in [2.05, 4.69) is 85.0 Å². The van der Waals surface area contributed by atoms with Crippen molar-refractivity contribution in [1.29, 1.82) is 5.41 Å². The van der Waals surface area contributed by atoms with Crippen LogP contribution in [-0.4, -0.2) is 5.96 Å². The zero-order chi connectivity index (χ0) is 18.8. The fraction of sp³-hybridized carbons (Fsp3) is 0. The third-order valence-corrected chi connectivity index (χ3v) is 5.77. The second-order valence-electron chi connectivity index (χ2n) is 7.27. The van der Waals surface area contributed by atoms with Crippen molar-refractivity contribution < 1.29 is 0 Å². The number of hydrogen-bond donors (Lipinski definition) is 2. The maximum atomic E-state index is 8.38. The number of anilines is 2. The standard InChI is InChI=1S/C25H17N3/c26-25(27)28(21-13-9-17-5-1-3-15-7-11-19(21)23(15)17)22-14-10-18-6-2-4-16-8-12-20(22)24(16)18/h1-14H,(H3,26,27).